The fourth-order valence-electron chi connectivity index (χ4n) is 2.92. The molecule has 1 aromatic carbocycles. The second kappa shape index (κ2) is 5.78. The van der Waals surface area contributed by atoms with E-state index < -0.39 is 12.0 Å². The minimum atomic E-state index is -0.996. The van der Waals surface area contributed by atoms with Crippen LogP contribution < -0.4 is 0 Å². The molecule has 2 aromatic rings. The summed E-state index contributed by atoms with van der Waals surface area (Å²) in [6.45, 7) is 6.34. The highest BCUT2D eigenvalue weighted by Crippen LogP contribution is 2.26. The first-order valence-electron chi connectivity index (χ1n) is 7.94. The summed E-state index contributed by atoms with van der Waals surface area (Å²) in [5.41, 5.74) is 2.90. The number of aromatic nitrogens is 2. The number of benzene rings is 1. The van der Waals surface area contributed by atoms with Crippen LogP contribution in [0.25, 0.3) is 0 Å². The van der Waals surface area contributed by atoms with Gasteiger partial charge in [-0.1, -0.05) is 45.0 Å². The Labute approximate surface area is 140 Å². The highest BCUT2D eigenvalue weighted by atomic mass is 16.4. The third-order valence-electron chi connectivity index (χ3n) is 4.40. The first-order chi connectivity index (χ1) is 11.3. The molecule has 1 amide bonds. The molecule has 24 heavy (non-hydrogen) atoms. The smallest absolute Gasteiger partial charge is 0.326 e. The highest BCUT2D eigenvalue weighted by molar-refractivity contribution is 5.95. The number of nitrogens with zero attached hydrogens (tertiary/aromatic N) is 2. The normalized spacial score (nSPS) is 17.5. The van der Waals surface area contributed by atoms with Crippen molar-refractivity contribution in [2.24, 2.45) is 0 Å². The van der Waals surface area contributed by atoms with Crippen LogP contribution in [0.2, 0.25) is 0 Å². The van der Waals surface area contributed by atoms with Crippen molar-refractivity contribution in [2.75, 3.05) is 0 Å². The van der Waals surface area contributed by atoms with Crippen molar-refractivity contribution in [2.45, 2.75) is 45.2 Å². The molecule has 0 spiro atoms. The van der Waals surface area contributed by atoms with E-state index in [-0.39, 0.29) is 23.6 Å². The summed E-state index contributed by atoms with van der Waals surface area (Å²) in [6.07, 6.45) is 0.313. The lowest BCUT2D eigenvalue weighted by Crippen LogP contribution is -2.48. The number of nitrogens with one attached hydrogen (secondary N) is 1. The van der Waals surface area contributed by atoms with Crippen molar-refractivity contribution in [1.82, 2.24) is 15.1 Å². The van der Waals surface area contributed by atoms with Gasteiger partial charge in [-0.15, -0.1) is 0 Å². The maximum Gasteiger partial charge on any atom is 0.326 e. The molecule has 0 aliphatic carbocycles. The number of carbonyl (C=O) groups is 2. The molecular weight excluding hydrogens is 306 g/mol. The molecule has 3 rings (SSSR count). The molecule has 2 heterocycles. The minimum absolute atomic E-state index is 0.160. The summed E-state index contributed by atoms with van der Waals surface area (Å²) >= 11 is 0. The van der Waals surface area contributed by atoms with Crippen molar-refractivity contribution < 1.29 is 14.7 Å². The van der Waals surface area contributed by atoms with Gasteiger partial charge >= 0.3 is 5.97 Å². The summed E-state index contributed by atoms with van der Waals surface area (Å²) in [5, 5.41) is 16.5. The van der Waals surface area contributed by atoms with Crippen molar-refractivity contribution in [3.63, 3.8) is 0 Å². The van der Waals surface area contributed by atoms with Gasteiger partial charge in [0.05, 0.1) is 0 Å². The molecule has 0 radical (unpaired) electrons. The van der Waals surface area contributed by atoms with E-state index in [1.54, 1.807) is 6.07 Å². The van der Waals surface area contributed by atoms with Crippen LogP contribution in [0.1, 0.15) is 48.1 Å². The van der Waals surface area contributed by atoms with E-state index in [4.69, 9.17) is 0 Å². The SMILES string of the molecule is CC(C)(C)c1cc(C(=O)N2Cc3ccccc3CC2C(=O)O)n[nH]1. The van der Waals surface area contributed by atoms with Crippen LogP contribution in [0.3, 0.4) is 0 Å². The topological polar surface area (TPSA) is 86.3 Å². The quantitative estimate of drug-likeness (QED) is 0.886. The van der Waals surface area contributed by atoms with E-state index in [0.29, 0.717) is 6.42 Å². The van der Waals surface area contributed by atoms with E-state index in [1.165, 1.54) is 4.90 Å². The molecule has 126 valence electrons. The van der Waals surface area contributed by atoms with Crippen LogP contribution in [0.5, 0.6) is 0 Å². The number of aliphatic carboxylic acids is 1. The Bertz CT molecular complexity index is 789. The standard InChI is InChI=1S/C18H21N3O3/c1-18(2,3)15-9-13(19-20-15)16(22)21-10-12-7-5-4-6-11(12)8-14(21)17(23)24/h4-7,9,14H,8,10H2,1-3H3,(H,19,20)(H,23,24). The number of fused-ring (bicyclic) bond motifs is 1. The van der Waals surface area contributed by atoms with Crippen LogP contribution in [-0.2, 0) is 23.2 Å². The Kier molecular flexibility index (Phi) is 3.91. The first-order valence-corrected chi connectivity index (χ1v) is 7.94. The lowest BCUT2D eigenvalue weighted by molar-refractivity contribution is -0.142. The molecule has 1 aromatic heterocycles. The van der Waals surface area contributed by atoms with Gasteiger partial charge in [-0.2, -0.15) is 5.10 Å². The van der Waals surface area contributed by atoms with Crippen LogP contribution in [0.15, 0.2) is 30.3 Å². The van der Waals surface area contributed by atoms with Crippen LogP contribution in [0.4, 0.5) is 0 Å². The summed E-state index contributed by atoms with van der Waals surface area (Å²) in [7, 11) is 0. The summed E-state index contributed by atoms with van der Waals surface area (Å²) < 4.78 is 0. The lowest BCUT2D eigenvalue weighted by atomic mass is 9.92. The van der Waals surface area contributed by atoms with Gasteiger partial charge in [-0.3, -0.25) is 9.89 Å². The van der Waals surface area contributed by atoms with E-state index in [2.05, 4.69) is 10.2 Å². The third-order valence-corrected chi connectivity index (χ3v) is 4.40. The second-order valence-electron chi connectivity index (χ2n) is 7.18. The first kappa shape index (κ1) is 16.2. The van der Waals surface area contributed by atoms with Gasteiger partial charge in [0.15, 0.2) is 0 Å². The molecule has 0 saturated carbocycles. The van der Waals surface area contributed by atoms with Crippen LogP contribution in [0, 0.1) is 0 Å². The number of amides is 1. The number of hydrogen-bond donors (Lipinski definition) is 2. The summed E-state index contributed by atoms with van der Waals surface area (Å²) in [4.78, 5) is 25.9. The van der Waals surface area contributed by atoms with Crippen molar-refractivity contribution in [3.05, 3.63) is 52.8 Å². The third kappa shape index (κ3) is 2.91. The maximum absolute atomic E-state index is 12.8. The fraction of sp³-hybridized carbons (Fsp3) is 0.389. The lowest BCUT2D eigenvalue weighted by Gasteiger charge is -2.34. The van der Waals surface area contributed by atoms with Gasteiger partial charge < -0.3 is 10.0 Å². The Morgan fingerprint density at radius 1 is 1.25 bits per heavy atom. The van der Waals surface area contributed by atoms with Gasteiger partial charge in [0.25, 0.3) is 5.91 Å². The second-order valence-corrected chi connectivity index (χ2v) is 7.18. The Morgan fingerprint density at radius 3 is 2.50 bits per heavy atom. The molecule has 1 aliphatic rings. The number of carboxylic acid groups (broad SMARTS) is 1. The van der Waals surface area contributed by atoms with E-state index in [9.17, 15) is 14.7 Å². The molecule has 1 unspecified atom stereocenters. The molecule has 1 aliphatic heterocycles. The number of carboxylic acids is 1. The van der Waals surface area contributed by atoms with Gasteiger partial charge in [0, 0.05) is 24.1 Å². The maximum atomic E-state index is 12.8. The van der Waals surface area contributed by atoms with E-state index in [0.717, 1.165) is 16.8 Å². The fourth-order valence-corrected chi connectivity index (χ4v) is 2.92. The Hall–Kier alpha value is -2.63. The number of rotatable bonds is 2. The van der Waals surface area contributed by atoms with E-state index >= 15 is 0 Å². The number of H-pyrrole nitrogens is 1. The number of hydrogen-bond acceptors (Lipinski definition) is 3. The predicted octanol–water partition coefficient (Wildman–Crippen LogP) is 2.36. The number of aromatic amines is 1. The van der Waals surface area contributed by atoms with Gasteiger partial charge in [-0.25, -0.2) is 4.79 Å². The van der Waals surface area contributed by atoms with Gasteiger partial charge in [0.1, 0.15) is 11.7 Å². The van der Waals surface area contributed by atoms with Gasteiger partial charge in [0.2, 0.25) is 0 Å². The average molecular weight is 327 g/mol. The molecule has 0 bridgehead atoms. The van der Waals surface area contributed by atoms with Crippen molar-refractivity contribution in [3.8, 4) is 0 Å². The van der Waals surface area contributed by atoms with Crippen LogP contribution in [-0.4, -0.2) is 38.1 Å². The largest absolute Gasteiger partial charge is 0.480 e. The summed E-state index contributed by atoms with van der Waals surface area (Å²) in [5.74, 6) is -1.35. The zero-order valence-electron chi connectivity index (χ0n) is 14.0. The molecule has 0 fully saturated rings. The average Bonchev–Trinajstić information content (AvgIpc) is 3.03. The molecule has 0 saturated heterocycles. The van der Waals surface area contributed by atoms with Crippen molar-refractivity contribution >= 4 is 11.9 Å². The van der Waals surface area contributed by atoms with Crippen molar-refractivity contribution in [1.29, 1.82) is 0 Å². The minimum Gasteiger partial charge on any atom is -0.480 e. The number of carbonyl (C=O) groups excluding carboxylic acids is 1. The predicted molar refractivity (Wildman–Crippen MR) is 88.7 cm³/mol. The molecule has 1 atom stereocenters. The molecule has 2 N–H and O–H groups in total. The monoisotopic (exact) mass is 327 g/mol. The molecular formula is C18H21N3O3. The highest BCUT2D eigenvalue weighted by Gasteiger charge is 2.36. The van der Waals surface area contributed by atoms with Gasteiger partial charge in [-0.05, 0) is 17.2 Å². The molecule has 6 nitrogen and oxygen atoms in total. The summed E-state index contributed by atoms with van der Waals surface area (Å²) in [6, 6.07) is 8.47. The van der Waals surface area contributed by atoms with Crippen LogP contribution >= 0.6 is 0 Å². The zero-order chi connectivity index (χ0) is 17.5. The van der Waals surface area contributed by atoms with E-state index in [1.807, 2.05) is 45.0 Å². The molecule has 6 heteroatoms. The zero-order valence-corrected chi connectivity index (χ0v) is 14.0. The Balaban J connectivity index is 1.93. The Morgan fingerprint density at radius 2 is 1.92 bits per heavy atom.